The van der Waals surface area contributed by atoms with Crippen LogP contribution in [0.25, 0.3) is 10.7 Å². The number of rotatable bonds is 2. The van der Waals surface area contributed by atoms with Gasteiger partial charge in [-0.2, -0.15) is 0 Å². The highest BCUT2D eigenvalue weighted by Gasteiger charge is 2.46. The summed E-state index contributed by atoms with van der Waals surface area (Å²) in [7, 11) is 0. The van der Waals surface area contributed by atoms with Crippen LogP contribution < -0.4 is 0 Å². The van der Waals surface area contributed by atoms with E-state index in [9.17, 15) is 0 Å². The molecule has 1 aliphatic carbocycles. The third-order valence-electron chi connectivity index (χ3n) is 4.00. The zero-order valence-corrected chi connectivity index (χ0v) is 10.3. The smallest absolute Gasteiger partial charge is 0.150 e. The summed E-state index contributed by atoms with van der Waals surface area (Å²) in [6, 6.07) is 4.83. The number of ether oxygens (including phenoxy) is 1. The normalized spacial score (nSPS) is 31.2. The van der Waals surface area contributed by atoms with Crippen molar-refractivity contribution in [3.63, 3.8) is 0 Å². The number of imidazole rings is 1. The van der Waals surface area contributed by atoms with Crippen LogP contribution in [0.3, 0.4) is 0 Å². The Hall–Kier alpha value is -1.13. The van der Waals surface area contributed by atoms with Gasteiger partial charge in [-0.25, -0.2) is 4.98 Å². The molecule has 88 valence electrons. The van der Waals surface area contributed by atoms with Gasteiger partial charge in [0.1, 0.15) is 5.82 Å². The number of aromatic nitrogens is 2. The Balaban J connectivity index is 1.69. The molecule has 17 heavy (non-hydrogen) atoms. The predicted molar refractivity (Wildman–Crippen MR) is 67.0 cm³/mol. The van der Waals surface area contributed by atoms with E-state index in [-0.39, 0.29) is 0 Å². The van der Waals surface area contributed by atoms with E-state index >= 15 is 0 Å². The van der Waals surface area contributed by atoms with Crippen molar-refractivity contribution in [2.24, 2.45) is 5.92 Å². The maximum absolute atomic E-state index is 5.68. The summed E-state index contributed by atoms with van der Waals surface area (Å²) in [4.78, 5) is 5.77. The van der Waals surface area contributed by atoms with Crippen LogP contribution in [0.5, 0.6) is 0 Å². The van der Waals surface area contributed by atoms with Crippen molar-refractivity contribution >= 4 is 11.3 Å². The molecule has 1 saturated heterocycles. The minimum Gasteiger partial charge on any atom is -0.378 e. The molecule has 0 aromatic carbocycles. The molecule has 3 heterocycles. The van der Waals surface area contributed by atoms with Gasteiger partial charge >= 0.3 is 0 Å². The molecule has 2 aromatic heterocycles. The zero-order chi connectivity index (χ0) is 11.2. The minimum absolute atomic E-state index is 0.513. The van der Waals surface area contributed by atoms with Crippen molar-refractivity contribution in [3.8, 4) is 10.7 Å². The monoisotopic (exact) mass is 246 g/mol. The van der Waals surface area contributed by atoms with E-state index < -0.39 is 0 Å². The third kappa shape index (κ3) is 1.40. The Bertz CT molecular complexity index is 519. The second-order valence-electron chi connectivity index (χ2n) is 4.80. The lowest BCUT2D eigenvalue weighted by molar-refractivity contribution is -0.00516. The van der Waals surface area contributed by atoms with Gasteiger partial charge in [0.05, 0.1) is 11.0 Å². The number of fused-ring (bicyclic) bond motifs is 1. The number of hydrogen-bond acceptors (Lipinski definition) is 3. The first kappa shape index (κ1) is 9.85. The van der Waals surface area contributed by atoms with Crippen molar-refractivity contribution in [2.45, 2.75) is 25.0 Å². The lowest BCUT2D eigenvalue weighted by Crippen LogP contribution is -2.39. The standard InChI is InChI=1S/C13H14N2OS/c1-2-12(17-7-1)13-14-4-5-15(13)10-8-11-9(10)3-6-16-11/h1-2,4-5,7,9-11H,3,6,8H2/t9-,10+,11+/m0/s1. The molecule has 1 saturated carbocycles. The molecular formula is C13H14N2OS. The van der Waals surface area contributed by atoms with Gasteiger partial charge < -0.3 is 9.30 Å². The summed E-state index contributed by atoms with van der Waals surface area (Å²) in [5.41, 5.74) is 0. The second kappa shape index (κ2) is 3.68. The summed E-state index contributed by atoms with van der Waals surface area (Å²) in [5, 5.41) is 2.11. The molecule has 0 radical (unpaired) electrons. The molecule has 0 bridgehead atoms. The number of hydrogen-bond donors (Lipinski definition) is 0. The summed E-state index contributed by atoms with van der Waals surface area (Å²) < 4.78 is 8.03. The van der Waals surface area contributed by atoms with Crippen LogP contribution in [0.4, 0.5) is 0 Å². The maximum atomic E-state index is 5.68. The molecule has 4 heteroatoms. The molecule has 4 rings (SSSR count). The van der Waals surface area contributed by atoms with Gasteiger partial charge in [-0.15, -0.1) is 11.3 Å². The molecule has 0 spiro atoms. The van der Waals surface area contributed by atoms with Gasteiger partial charge in [0.25, 0.3) is 0 Å². The molecule has 2 fully saturated rings. The molecule has 2 aliphatic rings. The van der Waals surface area contributed by atoms with Crippen molar-refractivity contribution < 1.29 is 4.74 Å². The maximum Gasteiger partial charge on any atom is 0.150 e. The number of nitrogens with zero attached hydrogens (tertiary/aromatic N) is 2. The Morgan fingerprint density at radius 2 is 2.47 bits per heavy atom. The Kier molecular flexibility index (Phi) is 2.13. The van der Waals surface area contributed by atoms with Crippen LogP contribution in [-0.4, -0.2) is 22.3 Å². The van der Waals surface area contributed by atoms with Crippen molar-refractivity contribution in [1.82, 2.24) is 9.55 Å². The van der Waals surface area contributed by atoms with Gasteiger partial charge in [0.2, 0.25) is 0 Å². The predicted octanol–water partition coefficient (Wildman–Crippen LogP) is 2.96. The van der Waals surface area contributed by atoms with Crippen LogP contribution in [0.1, 0.15) is 18.9 Å². The van der Waals surface area contributed by atoms with Crippen molar-refractivity contribution in [2.75, 3.05) is 6.61 Å². The summed E-state index contributed by atoms with van der Waals surface area (Å²) in [6.07, 6.45) is 6.90. The molecule has 1 aliphatic heterocycles. The van der Waals surface area contributed by atoms with E-state index in [0.29, 0.717) is 18.1 Å². The Morgan fingerprint density at radius 1 is 1.47 bits per heavy atom. The second-order valence-corrected chi connectivity index (χ2v) is 5.75. The lowest BCUT2D eigenvalue weighted by atomic mass is 9.76. The van der Waals surface area contributed by atoms with Crippen LogP contribution >= 0.6 is 11.3 Å². The van der Waals surface area contributed by atoms with Gasteiger partial charge in [0, 0.05) is 31.0 Å². The average Bonchev–Trinajstić information content (AvgIpc) is 3.00. The summed E-state index contributed by atoms with van der Waals surface area (Å²) in [6.45, 7) is 0.939. The minimum atomic E-state index is 0.513. The first-order valence-electron chi connectivity index (χ1n) is 6.12. The quantitative estimate of drug-likeness (QED) is 0.814. The van der Waals surface area contributed by atoms with Gasteiger partial charge in [-0.05, 0) is 24.3 Å². The molecule has 3 atom stereocenters. The topological polar surface area (TPSA) is 27.1 Å². The van der Waals surface area contributed by atoms with Crippen LogP contribution in [-0.2, 0) is 4.74 Å². The molecular weight excluding hydrogens is 232 g/mol. The highest BCUT2D eigenvalue weighted by Crippen LogP contribution is 2.48. The lowest BCUT2D eigenvalue weighted by Gasteiger charge is -2.40. The first-order chi connectivity index (χ1) is 8.43. The van der Waals surface area contributed by atoms with E-state index in [1.807, 2.05) is 6.20 Å². The van der Waals surface area contributed by atoms with Gasteiger partial charge in [-0.3, -0.25) is 0 Å². The van der Waals surface area contributed by atoms with Crippen LogP contribution in [0.15, 0.2) is 29.9 Å². The fourth-order valence-corrected chi connectivity index (χ4v) is 3.79. The average molecular weight is 246 g/mol. The summed E-state index contributed by atoms with van der Waals surface area (Å²) >= 11 is 1.76. The molecule has 3 nitrogen and oxygen atoms in total. The molecule has 0 unspecified atom stereocenters. The number of thiophene rings is 1. The fourth-order valence-electron chi connectivity index (χ4n) is 3.06. The van der Waals surface area contributed by atoms with Gasteiger partial charge in [-0.1, -0.05) is 6.07 Å². The van der Waals surface area contributed by atoms with Crippen molar-refractivity contribution in [3.05, 3.63) is 29.9 Å². The molecule has 0 amide bonds. The van der Waals surface area contributed by atoms with Crippen LogP contribution in [0, 0.1) is 5.92 Å². The first-order valence-corrected chi connectivity index (χ1v) is 7.00. The SMILES string of the molecule is c1csc(-c2nccn2[C@@H]2C[C@H]3OCC[C@@H]23)c1. The van der Waals surface area contributed by atoms with Crippen LogP contribution in [0.2, 0.25) is 0 Å². The summed E-state index contributed by atoms with van der Waals surface area (Å²) in [5.74, 6) is 1.83. The Morgan fingerprint density at radius 3 is 3.29 bits per heavy atom. The largest absolute Gasteiger partial charge is 0.378 e. The highest BCUT2D eigenvalue weighted by molar-refractivity contribution is 7.13. The molecule has 2 aromatic rings. The zero-order valence-electron chi connectivity index (χ0n) is 9.45. The fraction of sp³-hybridized carbons (Fsp3) is 0.462. The van der Waals surface area contributed by atoms with E-state index in [4.69, 9.17) is 4.74 Å². The third-order valence-corrected chi connectivity index (χ3v) is 4.86. The van der Waals surface area contributed by atoms with E-state index in [1.54, 1.807) is 11.3 Å². The Labute approximate surface area is 104 Å². The van der Waals surface area contributed by atoms with Crippen molar-refractivity contribution in [1.29, 1.82) is 0 Å². The molecule has 0 N–H and O–H groups in total. The highest BCUT2D eigenvalue weighted by atomic mass is 32.1. The van der Waals surface area contributed by atoms with E-state index in [0.717, 1.165) is 18.9 Å². The van der Waals surface area contributed by atoms with Gasteiger partial charge in [0.15, 0.2) is 0 Å². The van der Waals surface area contributed by atoms with E-state index in [2.05, 4.69) is 33.3 Å². The van der Waals surface area contributed by atoms with E-state index in [1.165, 1.54) is 11.3 Å².